The highest BCUT2D eigenvalue weighted by Crippen LogP contribution is 2.42. The van der Waals surface area contributed by atoms with E-state index in [1.165, 1.54) is 19.4 Å². The minimum Gasteiger partial charge on any atom is -0.490 e. The fourth-order valence-corrected chi connectivity index (χ4v) is 3.64. The number of benzene rings is 1. The number of hydrogen-bond donors (Lipinski definition) is 1. The number of aryl methyl sites for hydroxylation is 1. The van der Waals surface area contributed by atoms with Crippen molar-refractivity contribution in [2.75, 3.05) is 46.6 Å². The van der Waals surface area contributed by atoms with Gasteiger partial charge in [0.2, 0.25) is 5.75 Å². The van der Waals surface area contributed by atoms with Crippen LogP contribution in [-0.4, -0.2) is 62.7 Å². The van der Waals surface area contributed by atoms with Gasteiger partial charge < -0.3 is 28.2 Å². The molecule has 3 aromatic rings. The molecule has 0 aliphatic carbocycles. The predicted molar refractivity (Wildman–Crippen MR) is 107 cm³/mol. The molecular weight excluding hydrogens is 378 g/mol. The quantitative estimate of drug-likeness (QED) is 0.642. The summed E-state index contributed by atoms with van der Waals surface area (Å²) in [6, 6.07) is 3.18. The van der Waals surface area contributed by atoms with Gasteiger partial charge in [-0.25, -0.2) is 0 Å². The van der Waals surface area contributed by atoms with Crippen LogP contribution < -0.4 is 14.9 Å². The smallest absolute Gasteiger partial charge is 0.206 e. The summed E-state index contributed by atoms with van der Waals surface area (Å²) in [4.78, 5) is 15.0. The van der Waals surface area contributed by atoms with Crippen molar-refractivity contribution in [2.45, 2.75) is 19.4 Å². The number of nitrogens with zero attached hydrogens (tertiary/aromatic N) is 1. The lowest BCUT2D eigenvalue weighted by molar-refractivity contribution is 0.00492. The molecule has 1 N–H and O–H groups in total. The van der Waals surface area contributed by atoms with Crippen LogP contribution in [0.1, 0.15) is 12.7 Å². The zero-order valence-corrected chi connectivity index (χ0v) is 16.6. The fraction of sp³-hybridized carbons (Fsp3) is 0.476. The van der Waals surface area contributed by atoms with Crippen LogP contribution in [0.5, 0.6) is 11.5 Å². The molecule has 8 nitrogen and oxygen atoms in total. The molecule has 1 aliphatic heterocycles. The van der Waals surface area contributed by atoms with Crippen molar-refractivity contribution in [3.63, 3.8) is 0 Å². The van der Waals surface area contributed by atoms with Crippen LogP contribution >= 0.6 is 0 Å². The molecule has 1 aliphatic rings. The molecule has 0 spiro atoms. The van der Waals surface area contributed by atoms with Crippen LogP contribution in [0.3, 0.4) is 0 Å². The Hall–Kier alpha value is -2.55. The first-order chi connectivity index (χ1) is 14.1. The number of aliphatic hydroxyl groups is 1. The molecule has 3 heterocycles. The van der Waals surface area contributed by atoms with Crippen LogP contribution in [0.25, 0.3) is 21.9 Å². The van der Waals surface area contributed by atoms with Crippen LogP contribution in [0.4, 0.5) is 0 Å². The maximum absolute atomic E-state index is 12.9. The van der Waals surface area contributed by atoms with E-state index >= 15 is 0 Å². The first-order valence-corrected chi connectivity index (χ1v) is 9.77. The molecule has 0 amide bonds. The maximum atomic E-state index is 12.9. The number of hydrogen-bond acceptors (Lipinski definition) is 8. The number of fused-ring (bicyclic) bond motifs is 2. The summed E-state index contributed by atoms with van der Waals surface area (Å²) >= 11 is 0. The monoisotopic (exact) mass is 403 g/mol. The second-order valence-corrected chi connectivity index (χ2v) is 7.04. The number of furan rings is 1. The highest BCUT2D eigenvalue weighted by molar-refractivity contribution is 6.06. The van der Waals surface area contributed by atoms with Gasteiger partial charge in [-0.3, -0.25) is 9.69 Å². The Balaban J connectivity index is 1.70. The number of methoxy groups -OCH3 is 1. The molecule has 1 fully saturated rings. The highest BCUT2D eigenvalue weighted by atomic mass is 16.5. The van der Waals surface area contributed by atoms with Gasteiger partial charge in [0, 0.05) is 32.1 Å². The number of aliphatic hydroxyl groups excluding tert-OH is 1. The Morgan fingerprint density at radius 1 is 1.24 bits per heavy atom. The van der Waals surface area contributed by atoms with E-state index in [4.69, 9.17) is 23.0 Å². The number of ether oxygens (including phenoxy) is 3. The number of rotatable bonds is 7. The van der Waals surface area contributed by atoms with Gasteiger partial charge in [0.15, 0.2) is 16.6 Å². The van der Waals surface area contributed by atoms with Crippen LogP contribution in [0.15, 0.2) is 32.0 Å². The third-order valence-electron chi connectivity index (χ3n) is 5.09. The van der Waals surface area contributed by atoms with Gasteiger partial charge in [-0.15, -0.1) is 0 Å². The second-order valence-electron chi connectivity index (χ2n) is 7.04. The molecule has 2 aromatic heterocycles. The summed E-state index contributed by atoms with van der Waals surface area (Å²) in [6.07, 6.45) is 1.36. The zero-order chi connectivity index (χ0) is 20.4. The largest absolute Gasteiger partial charge is 0.490 e. The van der Waals surface area contributed by atoms with E-state index < -0.39 is 6.10 Å². The van der Waals surface area contributed by atoms with E-state index in [0.29, 0.717) is 54.4 Å². The van der Waals surface area contributed by atoms with Crippen molar-refractivity contribution in [1.29, 1.82) is 0 Å². The normalized spacial score (nSPS) is 16.4. The molecule has 1 aromatic carbocycles. The minimum absolute atomic E-state index is 0.0357. The molecule has 0 radical (unpaired) electrons. The van der Waals surface area contributed by atoms with Gasteiger partial charge in [0.25, 0.3) is 0 Å². The van der Waals surface area contributed by atoms with Gasteiger partial charge in [-0.1, -0.05) is 6.92 Å². The summed E-state index contributed by atoms with van der Waals surface area (Å²) in [6.45, 7) is 5.28. The molecule has 1 unspecified atom stereocenters. The van der Waals surface area contributed by atoms with E-state index in [-0.39, 0.29) is 23.0 Å². The molecular formula is C21H25NO7. The van der Waals surface area contributed by atoms with E-state index in [0.717, 1.165) is 13.1 Å². The molecule has 0 saturated carbocycles. The van der Waals surface area contributed by atoms with Crippen molar-refractivity contribution < 1.29 is 28.2 Å². The summed E-state index contributed by atoms with van der Waals surface area (Å²) in [5.74, 6) is 1.24. The Labute approximate surface area is 167 Å². The Bertz CT molecular complexity index is 1050. The average molecular weight is 403 g/mol. The predicted octanol–water partition coefficient (Wildman–Crippen LogP) is 2.18. The summed E-state index contributed by atoms with van der Waals surface area (Å²) in [7, 11) is 1.50. The minimum atomic E-state index is -0.714. The lowest BCUT2D eigenvalue weighted by atomic mass is 10.1. The third-order valence-corrected chi connectivity index (χ3v) is 5.09. The SMILES string of the molecule is CCc1cc(=O)c2c(OCC(O)CN3CCOCC3)c3ccoc3c(OC)c2o1. The topological polar surface area (TPSA) is 94.5 Å². The van der Waals surface area contributed by atoms with Crippen molar-refractivity contribution in [3.8, 4) is 11.5 Å². The second kappa shape index (κ2) is 8.44. The van der Waals surface area contributed by atoms with Gasteiger partial charge in [0.1, 0.15) is 29.6 Å². The molecule has 4 rings (SSSR count). The number of β-amino-alcohol motifs (C(OH)–C–C–N with tert-alkyl or cyclic N) is 1. The summed E-state index contributed by atoms with van der Waals surface area (Å²) < 4.78 is 28.3. The van der Waals surface area contributed by atoms with E-state index in [9.17, 15) is 9.90 Å². The van der Waals surface area contributed by atoms with Crippen molar-refractivity contribution >= 4 is 21.9 Å². The van der Waals surface area contributed by atoms with E-state index in [2.05, 4.69) is 4.90 Å². The van der Waals surface area contributed by atoms with Crippen LogP contribution in [-0.2, 0) is 11.2 Å². The van der Waals surface area contributed by atoms with Gasteiger partial charge >= 0.3 is 0 Å². The Morgan fingerprint density at radius 3 is 2.76 bits per heavy atom. The Morgan fingerprint density at radius 2 is 2.03 bits per heavy atom. The number of morpholine rings is 1. The van der Waals surface area contributed by atoms with Crippen molar-refractivity contribution in [2.24, 2.45) is 0 Å². The molecule has 0 bridgehead atoms. The van der Waals surface area contributed by atoms with Crippen molar-refractivity contribution in [1.82, 2.24) is 4.90 Å². The van der Waals surface area contributed by atoms with Crippen molar-refractivity contribution in [3.05, 3.63) is 34.4 Å². The zero-order valence-electron chi connectivity index (χ0n) is 16.6. The molecule has 156 valence electrons. The van der Waals surface area contributed by atoms with Crippen LogP contribution in [0, 0.1) is 0 Å². The molecule has 8 heteroatoms. The molecule has 1 saturated heterocycles. The average Bonchev–Trinajstić information content (AvgIpc) is 3.21. The standard InChI is InChI=1S/C21H25NO7/c1-3-14-10-16(24)17-18(28-12-13(23)11-22-5-8-26-9-6-22)15-4-7-27-19(15)21(25-2)20(17)29-14/h4,7,10,13,23H,3,5-6,8-9,11-12H2,1-2H3. The fourth-order valence-electron chi connectivity index (χ4n) is 3.64. The molecule has 29 heavy (non-hydrogen) atoms. The Kier molecular flexibility index (Phi) is 5.75. The summed E-state index contributed by atoms with van der Waals surface area (Å²) in [5.41, 5.74) is 0.508. The first-order valence-electron chi connectivity index (χ1n) is 9.77. The van der Waals surface area contributed by atoms with Gasteiger partial charge in [0.05, 0.1) is 32.0 Å². The lowest BCUT2D eigenvalue weighted by Crippen LogP contribution is -2.42. The summed E-state index contributed by atoms with van der Waals surface area (Å²) in [5, 5.41) is 11.3. The van der Waals surface area contributed by atoms with E-state index in [1.807, 2.05) is 6.92 Å². The lowest BCUT2D eigenvalue weighted by Gasteiger charge is -2.28. The first kappa shape index (κ1) is 19.8. The third kappa shape index (κ3) is 3.83. The molecule has 1 atom stereocenters. The maximum Gasteiger partial charge on any atom is 0.206 e. The highest BCUT2D eigenvalue weighted by Gasteiger charge is 2.24. The van der Waals surface area contributed by atoms with Crippen LogP contribution in [0.2, 0.25) is 0 Å². The van der Waals surface area contributed by atoms with Gasteiger partial charge in [-0.05, 0) is 6.07 Å². The van der Waals surface area contributed by atoms with Gasteiger partial charge in [-0.2, -0.15) is 0 Å². The van der Waals surface area contributed by atoms with E-state index in [1.54, 1.807) is 6.07 Å².